The fourth-order valence-electron chi connectivity index (χ4n) is 2.35. The second-order valence-corrected chi connectivity index (χ2v) is 5.81. The molecule has 2 heterocycles. The molecule has 1 aliphatic heterocycles. The summed E-state index contributed by atoms with van der Waals surface area (Å²) in [5.74, 6) is 0.451. The van der Waals surface area contributed by atoms with Crippen molar-refractivity contribution in [2.45, 2.75) is 19.7 Å². The van der Waals surface area contributed by atoms with Crippen LogP contribution < -0.4 is 0 Å². The largest absolute Gasteiger partial charge is 0.409 e. The van der Waals surface area contributed by atoms with E-state index in [0.29, 0.717) is 22.4 Å². The number of ether oxygens (including phenoxy) is 1. The number of nitrogens with zero attached hydrogens (tertiary/aromatic N) is 3. The number of benzene rings is 1. The van der Waals surface area contributed by atoms with Gasteiger partial charge in [0.1, 0.15) is 0 Å². The zero-order valence-electron chi connectivity index (χ0n) is 11.7. The summed E-state index contributed by atoms with van der Waals surface area (Å²) in [6.07, 6.45) is 0.225. The van der Waals surface area contributed by atoms with Gasteiger partial charge in [0, 0.05) is 13.1 Å². The van der Waals surface area contributed by atoms with E-state index in [-0.39, 0.29) is 6.10 Å². The molecule has 1 aromatic carbocycles. The Morgan fingerprint density at radius 2 is 2.24 bits per heavy atom. The number of halogens is 1. The maximum atomic E-state index is 6.16. The van der Waals surface area contributed by atoms with Crippen LogP contribution in [-0.4, -0.2) is 40.5 Å². The van der Waals surface area contributed by atoms with Crippen molar-refractivity contribution in [3.63, 3.8) is 0 Å². The fraction of sp³-hybridized carbons (Fsp3) is 0.429. The molecule has 1 aromatic heterocycles. The van der Waals surface area contributed by atoms with Crippen molar-refractivity contribution in [2.75, 3.05) is 19.7 Å². The van der Waals surface area contributed by atoms with Gasteiger partial charge in [-0.3, -0.25) is 4.90 Å². The summed E-state index contributed by atoms with van der Waals surface area (Å²) in [6.45, 7) is 5.10. The third-order valence-corrected chi connectivity index (χ3v) is 3.99. The fourth-order valence-corrected chi connectivity index (χ4v) is 2.74. The van der Waals surface area contributed by atoms with Gasteiger partial charge in [0.25, 0.3) is 4.84 Å². The zero-order chi connectivity index (χ0) is 14.8. The number of aromatic nitrogens is 2. The molecule has 5 nitrogen and oxygen atoms in total. The second-order valence-electron chi connectivity index (χ2n) is 5.05. The van der Waals surface area contributed by atoms with Crippen LogP contribution in [-0.2, 0) is 11.4 Å². The van der Waals surface area contributed by atoms with Crippen LogP contribution in [0.1, 0.15) is 6.92 Å². The lowest BCUT2D eigenvalue weighted by Crippen LogP contribution is -2.42. The molecule has 0 saturated carbocycles. The SMILES string of the molecule is CC1CN(Cn2nc(-c3ccccc3Cl)oc2=S)CCO1. The number of hydrogen-bond donors (Lipinski definition) is 0. The summed E-state index contributed by atoms with van der Waals surface area (Å²) < 4.78 is 12.8. The summed E-state index contributed by atoms with van der Waals surface area (Å²) in [5, 5.41) is 5.04. The smallest absolute Gasteiger partial charge is 0.288 e. The minimum absolute atomic E-state index is 0.225. The highest BCUT2D eigenvalue weighted by Crippen LogP contribution is 2.26. The van der Waals surface area contributed by atoms with Gasteiger partial charge < -0.3 is 9.15 Å². The zero-order valence-corrected chi connectivity index (χ0v) is 13.2. The molecule has 1 fully saturated rings. The highest BCUT2D eigenvalue weighted by atomic mass is 35.5. The third-order valence-electron chi connectivity index (χ3n) is 3.37. The standard InChI is InChI=1S/C14H16ClN3O2S/c1-10-8-17(6-7-19-10)9-18-14(21)20-13(16-18)11-4-2-3-5-12(11)15/h2-5,10H,6-9H2,1H3. The Balaban J connectivity index is 1.82. The minimum Gasteiger partial charge on any atom is -0.409 e. The monoisotopic (exact) mass is 325 g/mol. The predicted octanol–water partition coefficient (Wildman–Crippen LogP) is 3.20. The molecule has 0 radical (unpaired) electrons. The van der Waals surface area contributed by atoms with Crippen LogP contribution >= 0.6 is 23.8 Å². The highest BCUT2D eigenvalue weighted by Gasteiger charge is 2.19. The molecular weight excluding hydrogens is 310 g/mol. The van der Waals surface area contributed by atoms with Crippen molar-refractivity contribution in [2.24, 2.45) is 0 Å². The number of rotatable bonds is 3. The quantitative estimate of drug-likeness (QED) is 0.811. The van der Waals surface area contributed by atoms with Crippen molar-refractivity contribution in [3.05, 3.63) is 34.1 Å². The molecule has 7 heteroatoms. The van der Waals surface area contributed by atoms with E-state index in [2.05, 4.69) is 16.9 Å². The maximum absolute atomic E-state index is 6.16. The Bertz CT molecular complexity index is 685. The molecule has 0 bridgehead atoms. The lowest BCUT2D eigenvalue weighted by Gasteiger charge is -2.30. The predicted molar refractivity (Wildman–Crippen MR) is 82.8 cm³/mol. The summed E-state index contributed by atoms with van der Waals surface area (Å²) in [6, 6.07) is 7.43. The van der Waals surface area contributed by atoms with E-state index in [1.165, 1.54) is 0 Å². The highest BCUT2D eigenvalue weighted by molar-refractivity contribution is 7.71. The van der Waals surface area contributed by atoms with Gasteiger partial charge in [-0.15, -0.1) is 5.10 Å². The van der Waals surface area contributed by atoms with Crippen LogP contribution in [0.15, 0.2) is 28.7 Å². The molecule has 21 heavy (non-hydrogen) atoms. The average molecular weight is 326 g/mol. The number of hydrogen-bond acceptors (Lipinski definition) is 5. The van der Waals surface area contributed by atoms with Crippen LogP contribution in [0.4, 0.5) is 0 Å². The van der Waals surface area contributed by atoms with Gasteiger partial charge in [-0.2, -0.15) is 0 Å². The second kappa shape index (κ2) is 6.27. The van der Waals surface area contributed by atoms with Crippen molar-refractivity contribution >= 4 is 23.8 Å². The first kappa shape index (κ1) is 14.7. The van der Waals surface area contributed by atoms with E-state index in [1.807, 2.05) is 18.2 Å². The molecular formula is C14H16ClN3O2S. The molecule has 1 aliphatic rings. The number of morpholine rings is 1. The summed E-state index contributed by atoms with van der Waals surface area (Å²) in [7, 11) is 0. The summed E-state index contributed by atoms with van der Waals surface area (Å²) in [5.41, 5.74) is 0.749. The van der Waals surface area contributed by atoms with Crippen LogP contribution in [0.5, 0.6) is 0 Å². The Morgan fingerprint density at radius 3 is 3.00 bits per heavy atom. The molecule has 0 amide bonds. The molecule has 0 spiro atoms. The maximum Gasteiger partial charge on any atom is 0.288 e. The van der Waals surface area contributed by atoms with Gasteiger partial charge in [0.2, 0.25) is 5.89 Å². The molecule has 2 aromatic rings. The average Bonchev–Trinajstić information content (AvgIpc) is 2.80. The van der Waals surface area contributed by atoms with E-state index in [1.54, 1.807) is 10.7 Å². The molecule has 112 valence electrons. The molecule has 1 unspecified atom stereocenters. The molecule has 3 rings (SSSR count). The molecule has 0 N–H and O–H groups in total. The molecule has 1 atom stereocenters. The molecule has 0 aliphatic carbocycles. The first-order chi connectivity index (χ1) is 10.1. The van der Waals surface area contributed by atoms with Crippen molar-refractivity contribution in [3.8, 4) is 11.5 Å². The van der Waals surface area contributed by atoms with E-state index in [9.17, 15) is 0 Å². The summed E-state index contributed by atoms with van der Waals surface area (Å²) >= 11 is 11.4. The van der Waals surface area contributed by atoms with E-state index in [4.69, 9.17) is 33.0 Å². The van der Waals surface area contributed by atoms with Crippen molar-refractivity contribution in [1.29, 1.82) is 0 Å². The van der Waals surface area contributed by atoms with Crippen LogP contribution in [0.25, 0.3) is 11.5 Å². The molecule has 1 saturated heterocycles. The van der Waals surface area contributed by atoms with Gasteiger partial charge in [-0.1, -0.05) is 23.7 Å². The third kappa shape index (κ3) is 3.35. The Kier molecular flexibility index (Phi) is 4.40. The summed E-state index contributed by atoms with van der Waals surface area (Å²) in [4.78, 5) is 2.59. The normalized spacial score (nSPS) is 19.8. The van der Waals surface area contributed by atoms with Crippen LogP contribution in [0.2, 0.25) is 5.02 Å². The Labute approximate surface area is 133 Å². The van der Waals surface area contributed by atoms with E-state index >= 15 is 0 Å². The van der Waals surface area contributed by atoms with Crippen LogP contribution in [0, 0.1) is 4.84 Å². The first-order valence-electron chi connectivity index (χ1n) is 6.80. The van der Waals surface area contributed by atoms with Gasteiger partial charge in [-0.25, -0.2) is 4.68 Å². The van der Waals surface area contributed by atoms with Gasteiger partial charge >= 0.3 is 0 Å². The Morgan fingerprint density at radius 1 is 1.43 bits per heavy atom. The van der Waals surface area contributed by atoms with E-state index < -0.39 is 0 Å². The van der Waals surface area contributed by atoms with Crippen LogP contribution in [0.3, 0.4) is 0 Å². The first-order valence-corrected chi connectivity index (χ1v) is 7.59. The topological polar surface area (TPSA) is 43.4 Å². The lowest BCUT2D eigenvalue weighted by atomic mass is 10.2. The van der Waals surface area contributed by atoms with E-state index in [0.717, 1.165) is 25.3 Å². The van der Waals surface area contributed by atoms with Crippen molar-refractivity contribution in [1.82, 2.24) is 14.7 Å². The minimum atomic E-state index is 0.225. The van der Waals surface area contributed by atoms with Gasteiger partial charge in [-0.05, 0) is 31.3 Å². The van der Waals surface area contributed by atoms with Crippen molar-refractivity contribution < 1.29 is 9.15 Å². The van der Waals surface area contributed by atoms with Gasteiger partial charge in [0.15, 0.2) is 0 Å². The lowest BCUT2D eigenvalue weighted by molar-refractivity contribution is -0.0309. The van der Waals surface area contributed by atoms with Gasteiger partial charge in [0.05, 0.1) is 30.0 Å². The Hall–Kier alpha value is -1.21.